The van der Waals surface area contributed by atoms with Crippen LogP contribution in [0.3, 0.4) is 0 Å². The molecular weight excluding hydrogens is 338 g/mol. The zero-order valence-corrected chi connectivity index (χ0v) is 15.0. The third-order valence-electron chi connectivity index (χ3n) is 5.11. The number of halogens is 1. The molecule has 0 bridgehead atoms. The topological polar surface area (TPSA) is 70.0 Å². The summed E-state index contributed by atoms with van der Waals surface area (Å²) in [7, 11) is 1.92. The Hall–Kier alpha value is -1.89. The van der Waals surface area contributed by atoms with Crippen LogP contribution in [-0.4, -0.2) is 42.8 Å². The van der Waals surface area contributed by atoms with Crippen molar-refractivity contribution in [1.29, 1.82) is 0 Å². The van der Waals surface area contributed by atoms with Gasteiger partial charge in [0.2, 0.25) is 0 Å². The van der Waals surface area contributed by atoms with Crippen LogP contribution in [0.5, 0.6) is 0 Å². The molecule has 0 amide bonds. The summed E-state index contributed by atoms with van der Waals surface area (Å²) in [6.45, 7) is 2.69. The molecular formula is C18H22ClN5O. The van der Waals surface area contributed by atoms with Crippen LogP contribution in [-0.2, 0) is 20.2 Å². The summed E-state index contributed by atoms with van der Waals surface area (Å²) in [6, 6.07) is 8.13. The molecule has 1 aliphatic heterocycles. The second kappa shape index (κ2) is 6.78. The number of likely N-dealkylation sites (tertiary alicyclic amines) is 1. The fourth-order valence-corrected chi connectivity index (χ4v) is 4.05. The molecule has 3 heterocycles. The Morgan fingerprint density at radius 1 is 1.32 bits per heavy atom. The Morgan fingerprint density at radius 2 is 2.16 bits per heavy atom. The van der Waals surface area contributed by atoms with Gasteiger partial charge in [0.25, 0.3) is 0 Å². The highest BCUT2D eigenvalue weighted by Gasteiger charge is 2.26. The first-order valence-electron chi connectivity index (χ1n) is 8.64. The maximum absolute atomic E-state index is 9.32. The molecule has 3 aromatic rings. The van der Waals surface area contributed by atoms with Gasteiger partial charge in [0.1, 0.15) is 12.4 Å². The molecule has 0 radical (unpaired) electrons. The number of nitrogens with one attached hydrogen (secondary N) is 1. The minimum atomic E-state index is -0.0788. The molecule has 2 N–H and O–H groups in total. The van der Waals surface area contributed by atoms with E-state index in [2.05, 4.69) is 26.1 Å². The molecule has 1 atom stereocenters. The van der Waals surface area contributed by atoms with E-state index in [1.807, 2.05) is 29.8 Å². The normalized spacial score (nSPS) is 18.9. The molecule has 1 aromatic carbocycles. The van der Waals surface area contributed by atoms with Crippen LogP contribution in [0.4, 0.5) is 0 Å². The average Bonchev–Trinajstić information content (AvgIpc) is 3.16. The van der Waals surface area contributed by atoms with E-state index in [4.69, 9.17) is 11.6 Å². The third kappa shape index (κ3) is 3.05. The van der Waals surface area contributed by atoms with Gasteiger partial charge in [-0.2, -0.15) is 0 Å². The molecule has 1 aliphatic rings. The number of fused-ring (bicyclic) bond motifs is 1. The fraction of sp³-hybridized carbons (Fsp3) is 0.444. The fourth-order valence-electron chi connectivity index (χ4n) is 3.77. The summed E-state index contributed by atoms with van der Waals surface area (Å²) in [6.07, 6.45) is 2.21. The number of benzene rings is 1. The molecule has 0 spiro atoms. The van der Waals surface area contributed by atoms with Crippen LogP contribution >= 0.6 is 11.6 Å². The predicted octanol–water partition coefficient (Wildman–Crippen LogP) is 2.82. The first-order chi connectivity index (χ1) is 12.2. The van der Waals surface area contributed by atoms with Gasteiger partial charge in [-0.05, 0) is 25.5 Å². The number of aromatic nitrogens is 4. The maximum Gasteiger partial charge on any atom is 0.158 e. The SMILES string of the molecule is Cn1c(CO)nnc1C1CCCN(Cc2[nH]c3ccccc3c2Cl)C1. The van der Waals surface area contributed by atoms with Gasteiger partial charge < -0.3 is 14.7 Å². The average molecular weight is 360 g/mol. The standard InChI is InChI=1S/C18H22ClN5O/c1-23-16(11-25)21-22-18(23)12-5-4-8-24(9-12)10-15-17(19)13-6-2-3-7-14(13)20-15/h2-3,6-7,12,20,25H,4-5,8-11H2,1H3. The molecule has 25 heavy (non-hydrogen) atoms. The minimum Gasteiger partial charge on any atom is -0.388 e. The lowest BCUT2D eigenvalue weighted by molar-refractivity contribution is 0.193. The second-order valence-electron chi connectivity index (χ2n) is 6.73. The van der Waals surface area contributed by atoms with Gasteiger partial charge >= 0.3 is 0 Å². The highest BCUT2D eigenvalue weighted by atomic mass is 35.5. The van der Waals surface area contributed by atoms with Crippen molar-refractivity contribution in [3.05, 3.63) is 46.6 Å². The van der Waals surface area contributed by atoms with E-state index in [1.165, 1.54) is 0 Å². The number of aromatic amines is 1. The van der Waals surface area contributed by atoms with Crippen LogP contribution in [0.25, 0.3) is 10.9 Å². The van der Waals surface area contributed by atoms with Crippen LogP contribution < -0.4 is 0 Å². The van der Waals surface area contributed by atoms with Gasteiger partial charge in [0.15, 0.2) is 5.82 Å². The lowest BCUT2D eigenvalue weighted by Gasteiger charge is -2.32. The summed E-state index contributed by atoms with van der Waals surface area (Å²) < 4.78 is 1.92. The maximum atomic E-state index is 9.32. The Kier molecular flexibility index (Phi) is 4.50. The van der Waals surface area contributed by atoms with Crippen molar-refractivity contribution in [2.24, 2.45) is 7.05 Å². The third-order valence-corrected chi connectivity index (χ3v) is 5.54. The van der Waals surface area contributed by atoms with Crippen molar-refractivity contribution >= 4 is 22.5 Å². The van der Waals surface area contributed by atoms with E-state index < -0.39 is 0 Å². The number of hydrogen-bond donors (Lipinski definition) is 2. The van der Waals surface area contributed by atoms with Crippen molar-refractivity contribution < 1.29 is 5.11 Å². The molecule has 4 rings (SSSR count). The zero-order chi connectivity index (χ0) is 17.4. The van der Waals surface area contributed by atoms with Gasteiger partial charge in [0.05, 0.1) is 5.02 Å². The molecule has 0 aliphatic carbocycles. The van der Waals surface area contributed by atoms with Crippen molar-refractivity contribution in [3.63, 3.8) is 0 Å². The first kappa shape index (κ1) is 16.6. The van der Waals surface area contributed by atoms with Gasteiger partial charge in [-0.3, -0.25) is 4.90 Å². The van der Waals surface area contributed by atoms with Gasteiger partial charge in [-0.25, -0.2) is 0 Å². The van der Waals surface area contributed by atoms with Crippen LogP contribution in [0.15, 0.2) is 24.3 Å². The minimum absolute atomic E-state index is 0.0788. The van der Waals surface area contributed by atoms with E-state index in [0.29, 0.717) is 11.7 Å². The Balaban J connectivity index is 1.53. The molecule has 0 saturated carbocycles. The van der Waals surface area contributed by atoms with Crippen LogP contribution in [0.2, 0.25) is 5.02 Å². The molecule has 2 aromatic heterocycles. The number of nitrogens with zero attached hydrogens (tertiary/aromatic N) is 4. The molecule has 6 nitrogen and oxygen atoms in total. The second-order valence-corrected chi connectivity index (χ2v) is 7.11. The van der Waals surface area contributed by atoms with E-state index in [1.54, 1.807) is 0 Å². The molecule has 7 heteroatoms. The van der Waals surface area contributed by atoms with Crippen LogP contribution in [0.1, 0.15) is 36.1 Å². The van der Waals surface area contributed by atoms with Crippen LogP contribution in [0, 0.1) is 0 Å². The summed E-state index contributed by atoms with van der Waals surface area (Å²) in [5.41, 5.74) is 2.15. The quantitative estimate of drug-likeness (QED) is 0.751. The van der Waals surface area contributed by atoms with Crippen molar-refractivity contribution in [3.8, 4) is 0 Å². The smallest absolute Gasteiger partial charge is 0.158 e. The lowest BCUT2D eigenvalue weighted by atomic mass is 9.97. The summed E-state index contributed by atoms with van der Waals surface area (Å²) in [5.74, 6) is 1.90. The van der Waals surface area contributed by atoms with E-state index in [0.717, 1.165) is 59.9 Å². The zero-order valence-electron chi connectivity index (χ0n) is 14.2. The Bertz CT molecular complexity index is 887. The van der Waals surface area contributed by atoms with Gasteiger partial charge in [-0.1, -0.05) is 29.8 Å². The molecule has 1 unspecified atom stereocenters. The summed E-state index contributed by atoms with van der Waals surface area (Å²) in [5, 5.41) is 19.6. The van der Waals surface area contributed by atoms with E-state index >= 15 is 0 Å². The van der Waals surface area contributed by atoms with Crippen molar-refractivity contribution in [2.45, 2.75) is 31.9 Å². The van der Waals surface area contributed by atoms with Gasteiger partial charge in [0, 0.05) is 42.7 Å². The van der Waals surface area contributed by atoms with Crippen molar-refractivity contribution in [1.82, 2.24) is 24.6 Å². The number of hydrogen-bond acceptors (Lipinski definition) is 4. The molecule has 1 fully saturated rings. The lowest BCUT2D eigenvalue weighted by Crippen LogP contribution is -2.35. The van der Waals surface area contributed by atoms with Gasteiger partial charge in [-0.15, -0.1) is 10.2 Å². The number of H-pyrrole nitrogens is 1. The van der Waals surface area contributed by atoms with E-state index in [9.17, 15) is 5.11 Å². The number of para-hydroxylation sites is 1. The monoisotopic (exact) mass is 359 g/mol. The predicted molar refractivity (Wildman–Crippen MR) is 97.5 cm³/mol. The molecule has 132 valence electrons. The largest absolute Gasteiger partial charge is 0.388 e. The summed E-state index contributed by atoms with van der Waals surface area (Å²) in [4.78, 5) is 5.87. The first-order valence-corrected chi connectivity index (χ1v) is 9.01. The number of piperidine rings is 1. The van der Waals surface area contributed by atoms with E-state index in [-0.39, 0.29) is 6.61 Å². The Morgan fingerprint density at radius 3 is 2.92 bits per heavy atom. The summed E-state index contributed by atoms with van der Waals surface area (Å²) >= 11 is 6.56. The number of aliphatic hydroxyl groups excluding tert-OH is 1. The highest BCUT2D eigenvalue weighted by Crippen LogP contribution is 2.31. The Labute approximate surface area is 151 Å². The van der Waals surface area contributed by atoms with Crippen molar-refractivity contribution in [2.75, 3.05) is 13.1 Å². The molecule has 1 saturated heterocycles. The number of rotatable bonds is 4. The number of aliphatic hydroxyl groups is 1. The highest BCUT2D eigenvalue weighted by molar-refractivity contribution is 6.36.